The molecule has 19 heavy (non-hydrogen) atoms. The fourth-order valence-corrected chi connectivity index (χ4v) is 3.61. The van der Waals surface area contributed by atoms with Crippen molar-refractivity contribution in [2.24, 2.45) is 0 Å². The molecule has 0 radical (unpaired) electrons. The molecule has 2 N–H and O–H groups in total. The molecule has 6 nitrogen and oxygen atoms in total. The fourth-order valence-electron chi connectivity index (χ4n) is 2.03. The smallest absolute Gasteiger partial charge is 0.243 e. The Balaban J connectivity index is 2.29. The topological polar surface area (TPSA) is 78.9 Å². The number of sulfonamides is 1. The van der Waals surface area contributed by atoms with Crippen LogP contribution in [0.15, 0.2) is 29.2 Å². The van der Waals surface area contributed by atoms with Gasteiger partial charge in [-0.15, -0.1) is 0 Å². The quantitative estimate of drug-likeness (QED) is 0.821. The van der Waals surface area contributed by atoms with Gasteiger partial charge in [0.1, 0.15) is 0 Å². The number of anilines is 1. The van der Waals surface area contributed by atoms with E-state index < -0.39 is 16.1 Å². The van der Waals surface area contributed by atoms with Gasteiger partial charge >= 0.3 is 0 Å². The van der Waals surface area contributed by atoms with E-state index in [1.54, 1.807) is 31.3 Å². The molecule has 0 spiro atoms. The number of hydrogen-bond donors (Lipinski definition) is 2. The molecule has 106 valence electrons. The van der Waals surface area contributed by atoms with Gasteiger partial charge in [0.15, 0.2) is 0 Å². The van der Waals surface area contributed by atoms with E-state index in [9.17, 15) is 13.5 Å². The minimum atomic E-state index is -3.58. The van der Waals surface area contributed by atoms with Crippen molar-refractivity contribution in [1.29, 1.82) is 0 Å². The molecule has 0 saturated carbocycles. The lowest BCUT2D eigenvalue weighted by molar-refractivity contribution is 0.0109. The van der Waals surface area contributed by atoms with Crippen LogP contribution in [0.25, 0.3) is 0 Å². The van der Waals surface area contributed by atoms with E-state index in [1.165, 1.54) is 4.31 Å². The second-order valence-electron chi connectivity index (χ2n) is 4.30. The van der Waals surface area contributed by atoms with E-state index in [4.69, 9.17) is 4.74 Å². The maximum absolute atomic E-state index is 12.5. The normalized spacial score (nSPS) is 21.3. The molecule has 1 aromatic rings. The lowest BCUT2D eigenvalue weighted by Gasteiger charge is -2.33. The summed E-state index contributed by atoms with van der Waals surface area (Å²) < 4.78 is 31.5. The van der Waals surface area contributed by atoms with Crippen LogP contribution in [0.2, 0.25) is 0 Å². The summed E-state index contributed by atoms with van der Waals surface area (Å²) in [6.45, 7) is 0.601. The molecule has 1 aliphatic rings. The van der Waals surface area contributed by atoms with Gasteiger partial charge in [0.05, 0.1) is 30.8 Å². The Morgan fingerprint density at radius 3 is 2.68 bits per heavy atom. The Hall–Kier alpha value is -1.15. The number of aliphatic hydroxyl groups is 1. The number of ether oxygens (including phenoxy) is 1. The molecule has 1 heterocycles. The number of nitrogens with one attached hydrogen (secondary N) is 1. The molecule has 1 aromatic carbocycles. The first-order valence-electron chi connectivity index (χ1n) is 6.08. The average Bonchev–Trinajstić information content (AvgIpc) is 2.47. The first-order valence-corrected chi connectivity index (χ1v) is 7.52. The minimum absolute atomic E-state index is 0.227. The van der Waals surface area contributed by atoms with Gasteiger partial charge in [-0.05, 0) is 24.3 Å². The number of rotatable bonds is 4. The highest BCUT2D eigenvalue weighted by molar-refractivity contribution is 7.89. The Labute approximate surface area is 113 Å². The lowest BCUT2D eigenvalue weighted by atomic mass is 10.3. The second kappa shape index (κ2) is 5.87. The van der Waals surface area contributed by atoms with E-state index in [2.05, 4.69) is 5.32 Å². The maximum atomic E-state index is 12.5. The Morgan fingerprint density at radius 1 is 1.42 bits per heavy atom. The van der Waals surface area contributed by atoms with Crippen molar-refractivity contribution in [3.8, 4) is 0 Å². The van der Waals surface area contributed by atoms with Crippen molar-refractivity contribution < 1.29 is 18.3 Å². The number of aliphatic hydroxyl groups excluding tert-OH is 1. The highest BCUT2D eigenvalue weighted by Crippen LogP contribution is 2.21. The molecule has 1 fully saturated rings. The predicted molar refractivity (Wildman–Crippen MR) is 71.6 cm³/mol. The van der Waals surface area contributed by atoms with Crippen LogP contribution in [0.5, 0.6) is 0 Å². The number of benzene rings is 1. The van der Waals surface area contributed by atoms with E-state index in [0.29, 0.717) is 6.61 Å². The van der Waals surface area contributed by atoms with E-state index in [-0.39, 0.29) is 24.7 Å². The zero-order valence-electron chi connectivity index (χ0n) is 10.7. The molecule has 0 aliphatic carbocycles. The number of morpholine rings is 1. The van der Waals surface area contributed by atoms with Crippen molar-refractivity contribution in [1.82, 2.24) is 4.31 Å². The molecule has 7 heteroatoms. The van der Waals surface area contributed by atoms with Gasteiger partial charge in [-0.2, -0.15) is 4.31 Å². The average molecular weight is 286 g/mol. The van der Waals surface area contributed by atoms with E-state index in [0.717, 1.165) is 5.69 Å². The molecule has 2 rings (SSSR count). The van der Waals surface area contributed by atoms with Crippen molar-refractivity contribution in [3.63, 3.8) is 0 Å². The fraction of sp³-hybridized carbons (Fsp3) is 0.500. The summed E-state index contributed by atoms with van der Waals surface area (Å²) in [5.74, 6) is 0. The van der Waals surface area contributed by atoms with Gasteiger partial charge in [-0.1, -0.05) is 0 Å². The summed E-state index contributed by atoms with van der Waals surface area (Å²) in [6, 6.07) is 6.03. The largest absolute Gasteiger partial charge is 0.395 e. The number of hydrogen-bond acceptors (Lipinski definition) is 5. The van der Waals surface area contributed by atoms with Gasteiger partial charge in [0, 0.05) is 19.3 Å². The van der Waals surface area contributed by atoms with Crippen LogP contribution >= 0.6 is 0 Å². The first kappa shape index (κ1) is 14.3. The molecule has 0 amide bonds. The van der Waals surface area contributed by atoms with Crippen LogP contribution in [-0.2, 0) is 14.8 Å². The predicted octanol–water partition coefficient (Wildman–Crippen LogP) is 0.110. The molecule has 1 atom stereocenters. The molecular weight excluding hydrogens is 268 g/mol. The van der Waals surface area contributed by atoms with Gasteiger partial charge in [0.2, 0.25) is 10.0 Å². The highest BCUT2D eigenvalue weighted by Gasteiger charge is 2.33. The van der Waals surface area contributed by atoms with Crippen LogP contribution in [0.3, 0.4) is 0 Å². The summed E-state index contributed by atoms with van der Waals surface area (Å²) in [6.07, 6.45) is 0. The van der Waals surface area contributed by atoms with Crippen molar-refractivity contribution in [2.45, 2.75) is 10.9 Å². The molecule has 1 aliphatic heterocycles. The van der Waals surface area contributed by atoms with E-state index >= 15 is 0 Å². The van der Waals surface area contributed by atoms with Crippen molar-refractivity contribution in [2.75, 3.05) is 38.7 Å². The molecular formula is C12H18N2O4S. The summed E-state index contributed by atoms with van der Waals surface area (Å²) in [7, 11) is -1.81. The van der Waals surface area contributed by atoms with Gasteiger partial charge < -0.3 is 15.2 Å². The third-order valence-electron chi connectivity index (χ3n) is 3.13. The zero-order valence-corrected chi connectivity index (χ0v) is 11.6. The van der Waals surface area contributed by atoms with Crippen LogP contribution in [0.1, 0.15) is 0 Å². The Kier molecular flexibility index (Phi) is 4.41. The monoisotopic (exact) mass is 286 g/mol. The summed E-state index contributed by atoms with van der Waals surface area (Å²) in [4.78, 5) is 0.229. The molecule has 1 saturated heterocycles. The number of nitrogens with zero attached hydrogens (tertiary/aromatic N) is 1. The van der Waals surface area contributed by atoms with Crippen molar-refractivity contribution in [3.05, 3.63) is 24.3 Å². The Morgan fingerprint density at radius 2 is 2.11 bits per heavy atom. The Bertz CT molecular complexity index is 515. The summed E-state index contributed by atoms with van der Waals surface area (Å²) >= 11 is 0. The lowest BCUT2D eigenvalue weighted by Crippen LogP contribution is -2.50. The van der Waals surface area contributed by atoms with Crippen LogP contribution in [0, 0.1) is 0 Å². The SMILES string of the molecule is CNc1ccc(S(=O)(=O)N2CCOCC2CO)cc1. The van der Waals surface area contributed by atoms with Crippen LogP contribution in [-0.4, -0.2) is 57.3 Å². The summed E-state index contributed by atoms with van der Waals surface area (Å²) in [5.41, 5.74) is 0.847. The van der Waals surface area contributed by atoms with Gasteiger partial charge in [-0.3, -0.25) is 0 Å². The molecule has 0 bridgehead atoms. The van der Waals surface area contributed by atoms with Gasteiger partial charge in [-0.25, -0.2) is 8.42 Å². The molecule has 1 unspecified atom stereocenters. The highest BCUT2D eigenvalue weighted by atomic mass is 32.2. The minimum Gasteiger partial charge on any atom is -0.395 e. The van der Waals surface area contributed by atoms with Crippen LogP contribution in [0.4, 0.5) is 5.69 Å². The van der Waals surface area contributed by atoms with Crippen molar-refractivity contribution >= 4 is 15.7 Å². The second-order valence-corrected chi connectivity index (χ2v) is 6.19. The van der Waals surface area contributed by atoms with Gasteiger partial charge in [0.25, 0.3) is 0 Å². The first-order chi connectivity index (χ1) is 9.09. The van der Waals surface area contributed by atoms with Crippen LogP contribution < -0.4 is 5.32 Å². The zero-order chi connectivity index (χ0) is 13.9. The molecule has 0 aromatic heterocycles. The standard InChI is InChI=1S/C12H18N2O4S/c1-13-10-2-4-12(5-3-10)19(16,17)14-6-7-18-9-11(14)8-15/h2-5,11,13,15H,6-9H2,1H3. The summed E-state index contributed by atoms with van der Waals surface area (Å²) in [5, 5.41) is 12.2. The van der Waals surface area contributed by atoms with E-state index in [1.807, 2.05) is 0 Å². The maximum Gasteiger partial charge on any atom is 0.243 e. The third-order valence-corrected chi connectivity index (χ3v) is 5.10. The third kappa shape index (κ3) is 2.89.